The normalized spacial score (nSPS) is 10.7. The molecule has 0 atom stereocenters. The first kappa shape index (κ1) is 18.0. The average Bonchev–Trinajstić information content (AvgIpc) is 2.52. The Bertz CT molecular complexity index is 347. The number of unbranched alkanes of at least 4 members (excludes halogenated alkanes) is 8. The first-order chi connectivity index (χ1) is 10.4. The van der Waals surface area contributed by atoms with E-state index < -0.39 is 0 Å². The molecule has 0 aliphatic heterocycles. The van der Waals surface area contributed by atoms with Crippen LogP contribution in [0.1, 0.15) is 82.3 Å². The third-order valence-electron chi connectivity index (χ3n) is 4.22. The molecule has 0 amide bonds. The van der Waals surface area contributed by atoms with Gasteiger partial charge in [0.25, 0.3) is 0 Å². The molecule has 1 aromatic rings. The summed E-state index contributed by atoms with van der Waals surface area (Å²) >= 11 is 0. The molecule has 1 rings (SSSR count). The van der Waals surface area contributed by atoms with Gasteiger partial charge in [-0.15, -0.1) is 6.58 Å². The zero-order valence-corrected chi connectivity index (χ0v) is 14.1. The van der Waals surface area contributed by atoms with E-state index in [9.17, 15) is 0 Å². The monoisotopic (exact) mass is 286 g/mol. The third kappa shape index (κ3) is 9.50. The fourth-order valence-electron chi connectivity index (χ4n) is 2.79. The second kappa shape index (κ2) is 12.7. The molecule has 0 nitrogen and oxygen atoms in total. The Morgan fingerprint density at radius 2 is 1.19 bits per heavy atom. The maximum atomic E-state index is 3.78. The Morgan fingerprint density at radius 3 is 1.71 bits per heavy atom. The van der Waals surface area contributed by atoms with E-state index >= 15 is 0 Å². The molecule has 0 saturated carbocycles. The highest BCUT2D eigenvalue weighted by molar-refractivity contribution is 5.22. The molecular weight excluding hydrogens is 252 g/mol. The smallest absolute Gasteiger partial charge is 0.0276 e. The van der Waals surface area contributed by atoms with Gasteiger partial charge < -0.3 is 0 Å². The van der Waals surface area contributed by atoms with Crippen molar-refractivity contribution < 1.29 is 0 Å². The van der Waals surface area contributed by atoms with Gasteiger partial charge in [-0.05, 0) is 43.2 Å². The van der Waals surface area contributed by atoms with E-state index in [1.54, 1.807) is 0 Å². The summed E-state index contributed by atoms with van der Waals surface area (Å²) in [5.41, 5.74) is 2.98. The Labute approximate surface area is 132 Å². The number of hydrogen-bond donors (Lipinski definition) is 0. The van der Waals surface area contributed by atoms with Crippen LogP contribution < -0.4 is 0 Å². The van der Waals surface area contributed by atoms with Crippen molar-refractivity contribution in [3.8, 4) is 0 Å². The molecule has 1 aromatic carbocycles. The Hall–Kier alpha value is -1.04. The molecule has 118 valence electrons. The van der Waals surface area contributed by atoms with E-state index in [0.29, 0.717) is 0 Å². The molecule has 0 radical (unpaired) electrons. The lowest BCUT2D eigenvalue weighted by atomic mass is 10.0. The van der Waals surface area contributed by atoms with E-state index in [-0.39, 0.29) is 0 Å². The standard InChI is InChI=1S/C21H34/c1-3-5-7-8-9-10-11-13-15-21-18-16-20(17-19-21)14-12-6-4-2/h4,16-19H,2-3,5-15H2,1H3. The fourth-order valence-corrected chi connectivity index (χ4v) is 2.79. The van der Waals surface area contributed by atoms with Crippen LogP contribution in [0.5, 0.6) is 0 Å². The lowest BCUT2D eigenvalue weighted by Crippen LogP contribution is -1.89. The number of benzene rings is 1. The van der Waals surface area contributed by atoms with Gasteiger partial charge in [0.15, 0.2) is 0 Å². The highest BCUT2D eigenvalue weighted by Crippen LogP contribution is 2.13. The van der Waals surface area contributed by atoms with Crippen LogP contribution in [-0.2, 0) is 12.8 Å². The zero-order valence-electron chi connectivity index (χ0n) is 14.1. The third-order valence-corrected chi connectivity index (χ3v) is 4.22. The van der Waals surface area contributed by atoms with Crippen molar-refractivity contribution in [3.63, 3.8) is 0 Å². The minimum Gasteiger partial charge on any atom is -0.103 e. The molecule has 0 heterocycles. The number of hydrogen-bond acceptors (Lipinski definition) is 0. The van der Waals surface area contributed by atoms with Crippen LogP contribution in [0.2, 0.25) is 0 Å². The van der Waals surface area contributed by atoms with Gasteiger partial charge in [0.1, 0.15) is 0 Å². The number of allylic oxidation sites excluding steroid dienone is 1. The summed E-state index contributed by atoms with van der Waals surface area (Å²) < 4.78 is 0. The predicted molar refractivity (Wildman–Crippen MR) is 95.9 cm³/mol. The van der Waals surface area contributed by atoms with Crippen LogP contribution in [0.4, 0.5) is 0 Å². The molecule has 0 aromatic heterocycles. The molecule has 0 bridgehead atoms. The molecule has 0 N–H and O–H groups in total. The van der Waals surface area contributed by atoms with Gasteiger partial charge in [0.05, 0.1) is 0 Å². The first-order valence-electron chi connectivity index (χ1n) is 9.05. The summed E-state index contributed by atoms with van der Waals surface area (Å²) in [5.74, 6) is 0. The van der Waals surface area contributed by atoms with Crippen LogP contribution in [0.15, 0.2) is 36.9 Å². The topological polar surface area (TPSA) is 0 Å². The van der Waals surface area contributed by atoms with Crippen molar-refractivity contribution >= 4 is 0 Å². The van der Waals surface area contributed by atoms with Crippen molar-refractivity contribution in [3.05, 3.63) is 48.0 Å². The van der Waals surface area contributed by atoms with Gasteiger partial charge in [-0.3, -0.25) is 0 Å². The van der Waals surface area contributed by atoms with Gasteiger partial charge in [0.2, 0.25) is 0 Å². The lowest BCUT2D eigenvalue weighted by Gasteiger charge is -2.05. The minimum absolute atomic E-state index is 1.13. The minimum atomic E-state index is 1.13. The quantitative estimate of drug-likeness (QED) is 0.274. The van der Waals surface area contributed by atoms with E-state index in [0.717, 1.165) is 6.42 Å². The Morgan fingerprint density at radius 1 is 0.714 bits per heavy atom. The van der Waals surface area contributed by atoms with Crippen LogP contribution in [0.3, 0.4) is 0 Å². The number of aryl methyl sites for hydroxylation is 2. The maximum Gasteiger partial charge on any atom is -0.0276 e. The van der Waals surface area contributed by atoms with Crippen molar-refractivity contribution in [2.75, 3.05) is 0 Å². The molecule has 0 unspecified atom stereocenters. The second-order valence-corrected chi connectivity index (χ2v) is 6.22. The summed E-state index contributed by atoms with van der Waals surface area (Å²) in [4.78, 5) is 0. The summed E-state index contributed by atoms with van der Waals surface area (Å²) in [6, 6.07) is 9.27. The molecule has 0 spiro atoms. The van der Waals surface area contributed by atoms with Crippen molar-refractivity contribution in [2.24, 2.45) is 0 Å². The lowest BCUT2D eigenvalue weighted by molar-refractivity contribution is 0.575. The molecule has 0 aliphatic carbocycles. The van der Waals surface area contributed by atoms with Gasteiger partial charge in [-0.1, -0.05) is 82.2 Å². The summed E-state index contributed by atoms with van der Waals surface area (Å²) in [6.07, 6.45) is 18.0. The van der Waals surface area contributed by atoms with Gasteiger partial charge in [-0.2, -0.15) is 0 Å². The first-order valence-corrected chi connectivity index (χ1v) is 9.05. The van der Waals surface area contributed by atoms with Gasteiger partial charge in [0, 0.05) is 0 Å². The van der Waals surface area contributed by atoms with Gasteiger partial charge >= 0.3 is 0 Å². The molecule has 21 heavy (non-hydrogen) atoms. The second-order valence-electron chi connectivity index (χ2n) is 6.22. The van der Waals surface area contributed by atoms with Crippen LogP contribution >= 0.6 is 0 Å². The van der Waals surface area contributed by atoms with Crippen LogP contribution in [0, 0.1) is 0 Å². The molecular formula is C21H34. The largest absolute Gasteiger partial charge is 0.103 e. The van der Waals surface area contributed by atoms with Crippen molar-refractivity contribution in [2.45, 2.75) is 84.0 Å². The zero-order chi connectivity index (χ0) is 15.2. The van der Waals surface area contributed by atoms with E-state index in [1.165, 1.54) is 81.8 Å². The summed E-state index contributed by atoms with van der Waals surface area (Å²) in [6.45, 7) is 6.06. The Balaban J connectivity index is 2.05. The van der Waals surface area contributed by atoms with E-state index in [4.69, 9.17) is 0 Å². The van der Waals surface area contributed by atoms with Gasteiger partial charge in [-0.25, -0.2) is 0 Å². The molecule has 0 heteroatoms. The van der Waals surface area contributed by atoms with E-state index in [1.807, 2.05) is 6.08 Å². The van der Waals surface area contributed by atoms with E-state index in [2.05, 4.69) is 37.8 Å². The van der Waals surface area contributed by atoms with Crippen LogP contribution in [0.25, 0.3) is 0 Å². The maximum absolute atomic E-state index is 3.78. The highest BCUT2D eigenvalue weighted by Gasteiger charge is 1.96. The fraction of sp³-hybridized carbons (Fsp3) is 0.619. The molecule has 0 fully saturated rings. The summed E-state index contributed by atoms with van der Waals surface area (Å²) in [7, 11) is 0. The van der Waals surface area contributed by atoms with Crippen molar-refractivity contribution in [1.29, 1.82) is 0 Å². The van der Waals surface area contributed by atoms with Crippen LogP contribution in [-0.4, -0.2) is 0 Å². The Kier molecular flexibility index (Phi) is 10.9. The summed E-state index contributed by atoms with van der Waals surface area (Å²) in [5, 5.41) is 0. The van der Waals surface area contributed by atoms with Crippen molar-refractivity contribution in [1.82, 2.24) is 0 Å². The predicted octanol–water partition coefficient (Wildman–Crippen LogP) is 6.88. The number of rotatable bonds is 13. The molecule has 0 aliphatic rings. The highest BCUT2D eigenvalue weighted by atomic mass is 14.0. The average molecular weight is 287 g/mol. The molecule has 0 saturated heterocycles. The SMILES string of the molecule is C=CCCCc1ccc(CCCCCCCCCC)cc1.